The summed E-state index contributed by atoms with van der Waals surface area (Å²) in [5, 5.41) is 14.0. The zero-order chi connectivity index (χ0) is 13.7. The Morgan fingerprint density at radius 1 is 1.53 bits per heavy atom. The molecule has 0 saturated carbocycles. The first-order chi connectivity index (χ1) is 9.16. The lowest BCUT2D eigenvalue weighted by Crippen LogP contribution is -2.36. The lowest BCUT2D eigenvalue weighted by atomic mass is 10.3. The van der Waals surface area contributed by atoms with E-state index in [0.717, 1.165) is 25.2 Å². The van der Waals surface area contributed by atoms with Crippen molar-refractivity contribution in [3.63, 3.8) is 0 Å². The number of aryl methyl sites for hydroxylation is 1. The van der Waals surface area contributed by atoms with Crippen molar-refractivity contribution in [3.8, 4) is 0 Å². The lowest BCUT2D eigenvalue weighted by Gasteiger charge is -2.26. The number of nitrogens with zero attached hydrogens (tertiary/aromatic N) is 3. The third-order valence-corrected chi connectivity index (χ3v) is 3.97. The molecule has 6 nitrogen and oxygen atoms in total. The van der Waals surface area contributed by atoms with E-state index in [1.54, 1.807) is 19.2 Å². The molecule has 7 heteroatoms. The molecule has 0 unspecified atom stereocenters. The van der Waals surface area contributed by atoms with Crippen LogP contribution in [-0.2, 0) is 0 Å². The smallest absolute Gasteiger partial charge is 0.311 e. The second-order valence-corrected chi connectivity index (χ2v) is 5.74. The number of pyridine rings is 1. The zero-order valence-electron chi connectivity index (χ0n) is 11.0. The number of hydrogen-bond donors (Lipinski definition) is 1. The average Bonchev–Trinajstić information content (AvgIpc) is 2.41. The number of nitro groups is 1. The van der Waals surface area contributed by atoms with Crippen molar-refractivity contribution in [3.05, 3.63) is 27.9 Å². The fraction of sp³-hybridized carbons (Fsp3) is 0.583. The summed E-state index contributed by atoms with van der Waals surface area (Å²) < 4.78 is 0. The molecule has 1 N–H and O–H groups in total. The van der Waals surface area contributed by atoms with Crippen molar-refractivity contribution in [1.82, 2.24) is 9.88 Å². The number of aromatic nitrogens is 1. The van der Waals surface area contributed by atoms with Gasteiger partial charge < -0.3 is 5.32 Å². The zero-order valence-corrected chi connectivity index (χ0v) is 11.8. The van der Waals surface area contributed by atoms with Gasteiger partial charge in [0, 0.05) is 49.9 Å². The van der Waals surface area contributed by atoms with E-state index >= 15 is 0 Å². The number of anilines is 1. The molecule has 1 aromatic rings. The molecule has 2 rings (SSSR count). The van der Waals surface area contributed by atoms with Crippen molar-refractivity contribution in [1.29, 1.82) is 0 Å². The second-order valence-electron chi connectivity index (χ2n) is 4.52. The fourth-order valence-electron chi connectivity index (χ4n) is 1.99. The van der Waals surface area contributed by atoms with Gasteiger partial charge in [-0.25, -0.2) is 4.98 Å². The van der Waals surface area contributed by atoms with Crippen LogP contribution in [0.4, 0.5) is 11.5 Å². The van der Waals surface area contributed by atoms with Crippen LogP contribution in [0.15, 0.2) is 12.3 Å². The summed E-state index contributed by atoms with van der Waals surface area (Å²) in [5.74, 6) is 2.70. The molecule has 0 aliphatic carbocycles. The molecular formula is C12H18N4O2S. The standard InChI is InChI=1S/C12H18N4O2S/c1-10-8-11(16(17)18)12(14-9-10)13-2-3-15-4-6-19-7-5-15/h8-9H,2-7H2,1H3,(H,13,14). The summed E-state index contributed by atoms with van der Waals surface area (Å²) in [4.78, 5) is 17.0. The van der Waals surface area contributed by atoms with Crippen LogP contribution in [0.5, 0.6) is 0 Å². The van der Waals surface area contributed by atoms with E-state index in [0.29, 0.717) is 12.4 Å². The van der Waals surface area contributed by atoms with Crippen LogP contribution >= 0.6 is 11.8 Å². The molecule has 0 radical (unpaired) electrons. The quantitative estimate of drug-likeness (QED) is 0.655. The normalized spacial score (nSPS) is 16.3. The Hall–Kier alpha value is -1.34. The van der Waals surface area contributed by atoms with Crippen LogP contribution in [0.3, 0.4) is 0 Å². The topological polar surface area (TPSA) is 71.3 Å². The minimum atomic E-state index is -0.389. The number of rotatable bonds is 5. The van der Waals surface area contributed by atoms with Gasteiger partial charge in [-0.15, -0.1) is 0 Å². The van der Waals surface area contributed by atoms with Crippen LogP contribution < -0.4 is 5.32 Å². The maximum atomic E-state index is 11.0. The molecule has 0 aromatic carbocycles. The van der Waals surface area contributed by atoms with Crippen LogP contribution in [0.2, 0.25) is 0 Å². The average molecular weight is 282 g/mol. The lowest BCUT2D eigenvalue weighted by molar-refractivity contribution is -0.384. The van der Waals surface area contributed by atoms with Crippen LogP contribution in [0.25, 0.3) is 0 Å². The maximum absolute atomic E-state index is 11.0. The third kappa shape index (κ3) is 4.07. The van der Waals surface area contributed by atoms with Crippen molar-refractivity contribution in [2.75, 3.05) is 43.0 Å². The molecule has 104 valence electrons. The highest BCUT2D eigenvalue weighted by atomic mass is 32.2. The van der Waals surface area contributed by atoms with Gasteiger partial charge in [0.05, 0.1) is 4.92 Å². The Balaban J connectivity index is 1.89. The van der Waals surface area contributed by atoms with Gasteiger partial charge in [0.2, 0.25) is 5.82 Å². The van der Waals surface area contributed by atoms with Gasteiger partial charge >= 0.3 is 5.69 Å². The Morgan fingerprint density at radius 2 is 2.26 bits per heavy atom. The van der Waals surface area contributed by atoms with Crippen LogP contribution in [-0.4, -0.2) is 52.5 Å². The summed E-state index contributed by atoms with van der Waals surface area (Å²) in [6.07, 6.45) is 1.65. The first-order valence-corrected chi connectivity index (χ1v) is 7.47. The highest BCUT2D eigenvalue weighted by Crippen LogP contribution is 2.22. The minimum absolute atomic E-state index is 0.0502. The first-order valence-electron chi connectivity index (χ1n) is 6.32. The summed E-state index contributed by atoms with van der Waals surface area (Å²) >= 11 is 1.97. The largest absolute Gasteiger partial charge is 0.363 e. The predicted octanol–water partition coefficient (Wildman–Crippen LogP) is 1.76. The van der Waals surface area contributed by atoms with Crippen molar-refractivity contribution < 1.29 is 4.92 Å². The summed E-state index contributed by atoms with van der Waals surface area (Å²) in [6, 6.07) is 1.55. The molecule has 0 spiro atoms. The maximum Gasteiger partial charge on any atom is 0.311 e. The van der Waals surface area contributed by atoms with E-state index in [4.69, 9.17) is 0 Å². The molecular weight excluding hydrogens is 264 g/mol. The predicted molar refractivity (Wildman–Crippen MR) is 77.9 cm³/mol. The summed E-state index contributed by atoms with van der Waals surface area (Å²) in [6.45, 7) is 5.57. The molecule has 1 aliphatic heterocycles. The molecule has 1 aromatic heterocycles. The second kappa shape index (κ2) is 6.72. The molecule has 1 aliphatic rings. The summed E-state index contributed by atoms with van der Waals surface area (Å²) in [7, 11) is 0. The van der Waals surface area contributed by atoms with Crippen LogP contribution in [0.1, 0.15) is 5.56 Å². The van der Waals surface area contributed by atoms with Gasteiger partial charge in [-0.05, 0) is 12.5 Å². The van der Waals surface area contributed by atoms with Gasteiger partial charge in [0.25, 0.3) is 0 Å². The van der Waals surface area contributed by atoms with E-state index in [1.165, 1.54) is 11.5 Å². The molecule has 19 heavy (non-hydrogen) atoms. The Kier molecular flexibility index (Phi) is 4.98. The number of nitrogens with one attached hydrogen (secondary N) is 1. The molecule has 0 bridgehead atoms. The van der Waals surface area contributed by atoms with Crippen LogP contribution in [0, 0.1) is 17.0 Å². The molecule has 0 amide bonds. The van der Waals surface area contributed by atoms with Gasteiger partial charge in [0.15, 0.2) is 0 Å². The molecule has 0 atom stereocenters. The fourth-order valence-corrected chi connectivity index (χ4v) is 2.97. The molecule has 1 fully saturated rings. The van der Waals surface area contributed by atoms with Gasteiger partial charge in [0.1, 0.15) is 0 Å². The van der Waals surface area contributed by atoms with Crippen molar-refractivity contribution >= 4 is 23.3 Å². The van der Waals surface area contributed by atoms with E-state index in [-0.39, 0.29) is 10.6 Å². The Labute approximate surface area is 116 Å². The SMILES string of the molecule is Cc1cnc(NCCN2CCSCC2)c([N+](=O)[O-])c1. The number of hydrogen-bond acceptors (Lipinski definition) is 6. The first kappa shape index (κ1) is 14.1. The van der Waals surface area contributed by atoms with Crippen molar-refractivity contribution in [2.24, 2.45) is 0 Å². The third-order valence-electron chi connectivity index (χ3n) is 3.03. The van der Waals surface area contributed by atoms with Gasteiger partial charge in [-0.2, -0.15) is 11.8 Å². The van der Waals surface area contributed by atoms with E-state index in [9.17, 15) is 10.1 Å². The van der Waals surface area contributed by atoms with E-state index < -0.39 is 0 Å². The Bertz CT molecular complexity index is 449. The van der Waals surface area contributed by atoms with Gasteiger partial charge in [-0.3, -0.25) is 15.0 Å². The van der Waals surface area contributed by atoms with Crippen molar-refractivity contribution in [2.45, 2.75) is 6.92 Å². The monoisotopic (exact) mass is 282 g/mol. The highest BCUT2D eigenvalue weighted by Gasteiger charge is 2.15. The van der Waals surface area contributed by atoms with E-state index in [1.807, 2.05) is 11.8 Å². The minimum Gasteiger partial charge on any atom is -0.363 e. The van der Waals surface area contributed by atoms with E-state index in [2.05, 4.69) is 15.2 Å². The molecule has 1 saturated heterocycles. The summed E-state index contributed by atoms with van der Waals surface area (Å²) in [5.41, 5.74) is 0.847. The van der Waals surface area contributed by atoms with Gasteiger partial charge in [-0.1, -0.05) is 0 Å². The Morgan fingerprint density at radius 3 is 2.95 bits per heavy atom. The number of thioether (sulfide) groups is 1. The highest BCUT2D eigenvalue weighted by molar-refractivity contribution is 7.99. The molecule has 2 heterocycles.